The van der Waals surface area contributed by atoms with Crippen LogP contribution in [-0.4, -0.2) is 23.5 Å². The van der Waals surface area contributed by atoms with Gasteiger partial charge in [-0.15, -0.1) is 0 Å². The van der Waals surface area contributed by atoms with Crippen LogP contribution < -0.4 is 0 Å². The van der Waals surface area contributed by atoms with Crippen molar-refractivity contribution in [3.05, 3.63) is 35.4 Å². The van der Waals surface area contributed by atoms with Gasteiger partial charge in [0.15, 0.2) is 0 Å². The van der Waals surface area contributed by atoms with Crippen LogP contribution in [0, 0.1) is 11.8 Å². The topological polar surface area (TPSA) is 69.7 Å². The van der Waals surface area contributed by atoms with Crippen LogP contribution >= 0.6 is 0 Å². The van der Waals surface area contributed by atoms with Gasteiger partial charge in [-0.25, -0.2) is 4.79 Å². The molecule has 1 aliphatic rings. The Morgan fingerprint density at radius 3 is 2.04 bits per heavy atom. The van der Waals surface area contributed by atoms with E-state index in [-0.39, 0.29) is 5.97 Å². The SMILES string of the molecule is CCC(C)(c1ccc(C(=O)OC(C)(C)C)cc1)C1C(=O)OC(=O)C1C. The fourth-order valence-corrected chi connectivity index (χ4v) is 3.34. The van der Waals surface area contributed by atoms with E-state index in [1.54, 1.807) is 19.1 Å². The monoisotopic (exact) mass is 346 g/mol. The zero-order valence-electron chi connectivity index (χ0n) is 15.7. The summed E-state index contributed by atoms with van der Waals surface area (Å²) < 4.78 is 10.2. The minimum Gasteiger partial charge on any atom is -0.456 e. The molecule has 0 radical (unpaired) electrons. The highest BCUT2D eigenvalue weighted by atomic mass is 16.6. The molecule has 5 heteroatoms. The van der Waals surface area contributed by atoms with Crippen LogP contribution in [0.15, 0.2) is 24.3 Å². The average molecular weight is 346 g/mol. The molecule has 0 N–H and O–H groups in total. The van der Waals surface area contributed by atoms with E-state index >= 15 is 0 Å². The minimum absolute atomic E-state index is 0.388. The average Bonchev–Trinajstić information content (AvgIpc) is 2.78. The second kappa shape index (κ2) is 6.62. The van der Waals surface area contributed by atoms with Gasteiger partial charge in [0.2, 0.25) is 0 Å². The highest BCUT2D eigenvalue weighted by Crippen LogP contribution is 2.43. The van der Waals surface area contributed by atoms with E-state index in [4.69, 9.17) is 9.47 Å². The molecule has 1 fully saturated rings. The van der Waals surface area contributed by atoms with Gasteiger partial charge in [0.1, 0.15) is 5.60 Å². The third-order valence-electron chi connectivity index (χ3n) is 4.93. The molecule has 1 saturated heterocycles. The number of hydrogen-bond donors (Lipinski definition) is 0. The molecule has 0 saturated carbocycles. The summed E-state index contributed by atoms with van der Waals surface area (Å²) in [4.78, 5) is 36.1. The summed E-state index contributed by atoms with van der Waals surface area (Å²) in [5.74, 6) is -2.35. The predicted molar refractivity (Wildman–Crippen MR) is 93.0 cm³/mol. The molecular formula is C20H26O5. The maximum Gasteiger partial charge on any atom is 0.338 e. The molecule has 2 rings (SSSR count). The zero-order valence-corrected chi connectivity index (χ0v) is 15.7. The Labute approximate surface area is 148 Å². The summed E-state index contributed by atoms with van der Waals surface area (Å²) in [7, 11) is 0. The van der Waals surface area contributed by atoms with Gasteiger partial charge < -0.3 is 9.47 Å². The molecule has 136 valence electrons. The summed E-state index contributed by atoms with van der Waals surface area (Å²) in [5.41, 5.74) is 0.243. The summed E-state index contributed by atoms with van der Waals surface area (Å²) in [5, 5.41) is 0. The van der Waals surface area contributed by atoms with E-state index in [0.29, 0.717) is 12.0 Å². The normalized spacial score (nSPS) is 23.1. The van der Waals surface area contributed by atoms with Crippen LogP contribution in [0.25, 0.3) is 0 Å². The number of rotatable bonds is 4. The van der Waals surface area contributed by atoms with E-state index in [1.807, 2.05) is 46.8 Å². The third-order valence-corrected chi connectivity index (χ3v) is 4.93. The standard InChI is InChI=1S/C20H26O5/c1-7-20(6,15-12(2)16(21)24-18(15)23)14-10-8-13(9-11-14)17(22)25-19(3,4)5/h8-12,15H,7H2,1-6H3. The van der Waals surface area contributed by atoms with Gasteiger partial charge in [0.25, 0.3) is 0 Å². The first-order valence-corrected chi connectivity index (χ1v) is 8.59. The Morgan fingerprint density at radius 2 is 1.64 bits per heavy atom. The minimum atomic E-state index is -0.558. The number of hydrogen-bond acceptors (Lipinski definition) is 5. The molecule has 3 unspecified atom stereocenters. The largest absolute Gasteiger partial charge is 0.456 e. The van der Waals surface area contributed by atoms with Crippen molar-refractivity contribution in [3.8, 4) is 0 Å². The number of benzene rings is 1. The molecule has 1 heterocycles. The molecule has 0 amide bonds. The molecule has 0 spiro atoms. The van der Waals surface area contributed by atoms with E-state index in [9.17, 15) is 14.4 Å². The Bertz CT molecular complexity index is 683. The van der Waals surface area contributed by atoms with Crippen LogP contribution in [0.2, 0.25) is 0 Å². The molecule has 0 aromatic heterocycles. The lowest BCUT2D eigenvalue weighted by molar-refractivity contribution is -0.154. The first-order valence-electron chi connectivity index (χ1n) is 8.59. The van der Waals surface area contributed by atoms with Crippen molar-refractivity contribution in [2.45, 2.75) is 59.0 Å². The van der Waals surface area contributed by atoms with Gasteiger partial charge in [-0.1, -0.05) is 32.9 Å². The fraction of sp³-hybridized carbons (Fsp3) is 0.550. The first kappa shape index (κ1) is 19.2. The zero-order chi connectivity index (χ0) is 19.0. The van der Waals surface area contributed by atoms with E-state index in [1.165, 1.54) is 0 Å². The molecule has 3 atom stereocenters. The molecule has 1 aliphatic heterocycles. The van der Waals surface area contributed by atoms with Crippen LogP contribution in [0.4, 0.5) is 0 Å². The summed E-state index contributed by atoms with van der Waals surface area (Å²) in [6.07, 6.45) is 0.663. The summed E-state index contributed by atoms with van der Waals surface area (Å²) in [6, 6.07) is 7.05. The first-order chi connectivity index (χ1) is 11.5. The quantitative estimate of drug-likeness (QED) is 0.615. The predicted octanol–water partition coefficient (Wildman–Crippen LogP) is 3.65. The van der Waals surface area contributed by atoms with Gasteiger partial charge in [-0.3, -0.25) is 9.59 Å². The van der Waals surface area contributed by atoms with Crippen LogP contribution in [0.1, 0.15) is 63.9 Å². The van der Waals surface area contributed by atoms with Gasteiger partial charge in [0, 0.05) is 5.41 Å². The molecule has 1 aromatic carbocycles. The van der Waals surface area contributed by atoms with Crippen LogP contribution in [-0.2, 0) is 24.5 Å². The Balaban J connectivity index is 2.31. The summed E-state index contributed by atoms with van der Waals surface area (Å²) in [6.45, 7) is 11.1. The van der Waals surface area contributed by atoms with Gasteiger partial charge >= 0.3 is 17.9 Å². The second-order valence-electron chi connectivity index (χ2n) is 7.86. The highest BCUT2D eigenvalue weighted by Gasteiger charge is 2.51. The van der Waals surface area contributed by atoms with Crippen molar-refractivity contribution >= 4 is 17.9 Å². The smallest absolute Gasteiger partial charge is 0.338 e. The lowest BCUT2D eigenvalue weighted by atomic mass is 9.66. The van der Waals surface area contributed by atoms with Gasteiger partial charge in [-0.2, -0.15) is 0 Å². The Hall–Kier alpha value is -2.17. The molecule has 0 aliphatic carbocycles. The summed E-state index contributed by atoms with van der Waals surface area (Å²) >= 11 is 0. The number of cyclic esters (lactones) is 2. The third kappa shape index (κ3) is 3.75. The maximum atomic E-state index is 12.2. The molecule has 5 nitrogen and oxygen atoms in total. The number of ether oxygens (including phenoxy) is 2. The molecule has 25 heavy (non-hydrogen) atoms. The van der Waals surface area contributed by atoms with Crippen molar-refractivity contribution in [1.29, 1.82) is 0 Å². The molecule has 1 aromatic rings. The lowest BCUT2D eigenvalue weighted by Crippen LogP contribution is -2.38. The van der Waals surface area contributed by atoms with Crippen molar-refractivity contribution < 1.29 is 23.9 Å². The highest BCUT2D eigenvalue weighted by molar-refractivity contribution is 5.97. The van der Waals surface area contributed by atoms with E-state index in [0.717, 1.165) is 5.56 Å². The van der Waals surface area contributed by atoms with Crippen molar-refractivity contribution in [2.75, 3.05) is 0 Å². The Kier molecular flexibility index (Phi) is 5.07. The van der Waals surface area contributed by atoms with Crippen LogP contribution in [0.3, 0.4) is 0 Å². The number of carbonyl (C=O) groups excluding carboxylic acids is 3. The van der Waals surface area contributed by atoms with Crippen molar-refractivity contribution in [3.63, 3.8) is 0 Å². The van der Waals surface area contributed by atoms with E-state index in [2.05, 4.69) is 0 Å². The Morgan fingerprint density at radius 1 is 1.08 bits per heavy atom. The van der Waals surface area contributed by atoms with Gasteiger partial charge in [0.05, 0.1) is 17.4 Å². The number of esters is 3. The number of carbonyl (C=O) groups is 3. The van der Waals surface area contributed by atoms with Crippen LogP contribution in [0.5, 0.6) is 0 Å². The lowest BCUT2D eigenvalue weighted by Gasteiger charge is -2.34. The van der Waals surface area contributed by atoms with Crippen molar-refractivity contribution in [2.24, 2.45) is 11.8 Å². The maximum absolute atomic E-state index is 12.2. The second-order valence-corrected chi connectivity index (χ2v) is 7.86. The molecule has 0 bridgehead atoms. The van der Waals surface area contributed by atoms with E-state index < -0.39 is 34.8 Å². The van der Waals surface area contributed by atoms with Crippen molar-refractivity contribution in [1.82, 2.24) is 0 Å². The fourth-order valence-electron chi connectivity index (χ4n) is 3.34. The van der Waals surface area contributed by atoms with Gasteiger partial charge in [-0.05, 0) is 44.9 Å². The molecular weight excluding hydrogens is 320 g/mol.